The molecule has 0 atom stereocenters. The van der Waals surface area contributed by atoms with Gasteiger partial charge in [-0.1, -0.05) is 322 Å². The van der Waals surface area contributed by atoms with Gasteiger partial charge in [-0.05, 0) is 282 Å². The highest BCUT2D eigenvalue weighted by Crippen LogP contribution is 2.58. The minimum atomic E-state index is 0.371. The highest BCUT2D eigenvalue weighted by molar-refractivity contribution is 6.48. The SMILES string of the molecule is N#Cc1ccc(-c2cccc(-c3ccc4c5c(-c6ccccc6)c6cc7c8ccccc8c8cccc(c6c(-c6ccccc6)c5c5cccc3c45)c87)c2)cc1C#N.[C-]#[N+]c1cc(-c2cccc(-c3ccc4c5c(-c6ccccc6)c6c(cc7c8ccccc8c8cccc6c87)c(-c6ccccc6)c5c5cccc3c54)c2)ccc1C#N. The summed E-state index contributed by atoms with van der Waals surface area (Å²) < 4.78 is 0. The Balaban J connectivity index is 0.000000137. The molecular weight excluding hydrogens is 1400 g/mol. The molecule has 0 heterocycles. The summed E-state index contributed by atoms with van der Waals surface area (Å²) in [5.41, 5.74) is 19.8. The monoisotopic (exact) mass is 1460 g/mol. The van der Waals surface area contributed by atoms with E-state index in [1.54, 1.807) is 12.1 Å². The van der Waals surface area contributed by atoms with Crippen LogP contribution in [0.2, 0.25) is 0 Å². The molecule has 0 spiro atoms. The van der Waals surface area contributed by atoms with Gasteiger partial charge in [-0.15, -0.1) is 0 Å². The molecule has 0 amide bonds. The van der Waals surface area contributed by atoms with E-state index >= 15 is 0 Å². The average molecular weight is 1460 g/mol. The summed E-state index contributed by atoms with van der Waals surface area (Å²) in [7, 11) is 0. The first-order valence-corrected chi connectivity index (χ1v) is 39.2. The van der Waals surface area contributed by atoms with Crippen LogP contribution < -0.4 is 0 Å². The molecule has 0 saturated carbocycles. The van der Waals surface area contributed by atoms with Gasteiger partial charge in [0.25, 0.3) is 0 Å². The number of rotatable bonds is 8. The summed E-state index contributed by atoms with van der Waals surface area (Å²) in [6.07, 6.45) is 0. The molecule has 4 nitrogen and oxygen atoms in total. The third kappa shape index (κ3) is 9.58. The van der Waals surface area contributed by atoms with E-state index in [4.69, 9.17) is 6.57 Å². The molecule has 0 unspecified atom stereocenters. The van der Waals surface area contributed by atoms with Crippen LogP contribution in [0.25, 0.3) is 245 Å². The Bertz CT molecular complexity index is 8020. The minimum absolute atomic E-state index is 0.371. The number of fused-ring (bicyclic) bond motifs is 16. The summed E-state index contributed by atoms with van der Waals surface area (Å²) in [4.78, 5) is 3.64. The van der Waals surface area contributed by atoms with Crippen molar-refractivity contribution in [1.82, 2.24) is 0 Å². The van der Waals surface area contributed by atoms with Gasteiger partial charge in [0.2, 0.25) is 5.69 Å². The molecule has 0 bridgehead atoms. The molecule has 0 aromatic heterocycles. The maximum atomic E-state index is 9.77. The predicted octanol–water partition coefficient (Wildman–Crippen LogP) is 30.8. The van der Waals surface area contributed by atoms with Crippen molar-refractivity contribution in [2.75, 3.05) is 0 Å². The van der Waals surface area contributed by atoms with Crippen molar-refractivity contribution in [3.63, 3.8) is 0 Å². The van der Waals surface area contributed by atoms with Gasteiger partial charge in [0.1, 0.15) is 12.1 Å². The summed E-state index contributed by atoms with van der Waals surface area (Å²) in [6, 6.07) is 138. The molecule has 528 valence electrons. The molecule has 0 fully saturated rings. The minimum Gasteiger partial charge on any atom is -0.237 e. The summed E-state index contributed by atoms with van der Waals surface area (Å²) in [5, 5.41) is 64.6. The standard InChI is InChI=1S/2C56H30N2/c1-58-49-30-36(25-26-38(49)32-57)35-17-10-18-37(29-35)39-27-28-46-52-42(39)21-11-24-45(52)55-50(33-13-4-2-5-14-33)48-31-47-41-20-9-8-19-40(41)43-22-12-23-44(53(43)47)54(48)51(56(46)55)34-15-6-3-7-16-34;57-31-38-25-24-36(29-39(38)32-58)35-16-9-17-37(28-35)40-26-27-47-52-43(40)20-10-23-46(52)56-51(34-14-5-2-6-15-34)54-45-22-11-21-44-41-18-7-8-19-42(41)48(53(44)45)30-49(54)50(55(47)56)33-12-3-1-4-13-33/h2-31H;1-30H. The van der Waals surface area contributed by atoms with Crippen LogP contribution in [0.4, 0.5) is 5.69 Å². The largest absolute Gasteiger partial charge is 0.237 e. The third-order valence-electron chi connectivity index (χ3n) is 24.8. The van der Waals surface area contributed by atoms with Crippen LogP contribution in [0, 0.1) is 40.6 Å². The molecule has 0 aliphatic heterocycles. The van der Waals surface area contributed by atoms with E-state index < -0.39 is 0 Å². The number of nitrogens with zero attached hydrogens (tertiary/aromatic N) is 4. The fraction of sp³-hybridized carbons (Fsp3) is 0. The predicted molar refractivity (Wildman–Crippen MR) is 487 cm³/mol. The molecule has 24 rings (SSSR count). The number of hydrogen-bond acceptors (Lipinski definition) is 3. The molecule has 24 aromatic rings. The number of benzene rings is 20. The molecule has 0 saturated heterocycles. The smallest absolute Gasteiger partial charge is 0.205 e. The zero-order valence-electron chi connectivity index (χ0n) is 62.4. The van der Waals surface area contributed by atoms with Gasteiger partial charge >= 0.3 is 0 Å². The first kappa shape index (κ1) is 65.8. The normalized spacial score (nSPS) is 11.8. The molecule has 4 heteroatoms. The van der Waals surface area contributed by atoms with Gasteiger partial charge in [0.15, 0.2) is 0 Å². The van der Waals surface area contributed by atoms with E-state index in [9.17, 15) is 15.8 Å². The van der Waals surface area contributed by atoms with Gasteiger partial charge < -0.3 is 0 Å². The second-order valence-electron chi connectivity index (χ2n) is 30.6. The summed E-state index contributed by atoms with van der Waals surface area (Å²) >= 11 is 0. The van der Waals surface area contributed by atoms with Gasteiger partial charge in [-0.25, -0.2) is 4.85 Å². The lowest BCUT2D eigenvalue weighted by Crippen LogP contribution is -1.91. The molecule has 116 heavy (non-hydrogen) atoms. The van der Waals surface area contributed by atoms with Crippen molar-refractivity contribution in [2.45, 2.75) is 0 Å². The molecule has 24 aromatic carbocycles. The van der Waals surface area contributed by atoms with Crippen molar-refractivity contribution in [3.8, 4) is 107 Å². The Morgan fingerprint density at radius 1 is 0.172 bits per heavy atom. The van der Waals surface area contributed by atoms with Crippen LogP contribution in [0.15, 0.2) is 364 Å². The van der Waals surface area contributed by atoms with E-state index in [2.05, 4.69) is 351 Å². The highest BCUT2D eigenvalue weighted by atomic mass is 14.6. The second kappa shape index (κ2) is 25.8. The Morgan fingerprint density at radius 3 is 0.879 bits per heavy atom. The van der Waals surface area contributed by atoms with Crippen LogP contribution in [-0.4, -0.2) is 0 Å². The van der Waals surface area contributed by atoms with Crippen LogP contribution in [-0.2, 0) is 0 Å². The van der Waals surface area contributed by atoms with Crippen LogP contribution in [0.5, 0.6) is 0 Å². The van der Waals surface area contributed by atoms with Crippen molar-refractivity contribution >= 4 is 157 Å². The lowest BCUT2D eigenvalue weighted by molar-refractivity contribution is 1.43. The van der Waals surface area contributed by atoms with Crippen LogP contribution in [0.1, 0.15) is 16.7 Å². The number of hydrogen-bond donors (Lipinski definition) is 0. The quantitative estimate of drug-likeness (QED) is 0.112. The molecule has 0 radical (unpaired) electrons. The first-order valence-electron chi connectivity index (χ1n) is 39.2. The maximum absolute atomic E-state index is 9.77. The molecule has 0 N–H and O–H groups in total. The van der Waals surface area contributed by atoms with E-state index in [1.807, 2.05) is 24.3 Å². The van der Waals surface area contributed by atoms with E-state index in [0.29, 0.717) is 22.4 Å². The lowest BCUT2D eigenvalue weighted by atomic mass is 9.84. The zero-order valence-corrected chi connectivity index (χ0v) is 62.4. The second-order valence-corrected chi connectivity index (χ2v) is 30.6. The maximum Gasteiger partial charge on any atom is 0.205 e. The third-order valence-corrected chi connectivity index (χ3v) is 24.8. The molecule has 0 aliphatic carbocycles. The van der Waals surface area contributed by atoms with E-state index in [0.717, 1.165) is 44.5 Å². The fourth-order valence-electron chi connectivity index (χ4n) is 20.1. The lowest BCUT2D eigenvalue weighted by Gasteiger charge is -2.19. The zero-order chi connectivity index (χ0) is 77.0. The number of nitriles is 3. The Kier molecular flexibility index (Phi) is 14.6. The fourth-order valence-corrected chi connectivity index (χ4v) is 20.1. The summed E-state index contributed by atoms with van der Waals surface area (Å²) in [5.74, 6) is 0. The van der Waals surface area contributed by atoms with Gasteiger partial charge in [0, 0.05) is 0 Å². The van der Waals surface area contributed by atoms with Gasteiger partial charge in [-0.3, -0.25) is 0 Å². The highest BCUT2D eigenvalue weighted by Gasteiger charge is 2.30. The molecule has 0 aliphatic rings. The van der Waals surface area contributed by atoms with Crippen molar-refractivity contribution in [2.24, 2.45) is 0 Å². The van der Waals surface area contributed by atoms with E-state index in [1.165, 1.54) is 195 Å². The van der Waals surface area contributed by atoms with Gasteiger partial charge in [-0.2, -0.15) is 15.8 Å². The average Bonchev–Trinajstić information content (AvgIpc) is 1.59. The molecular formula is C112H60N4. The van der Waals surface area contributed by atoms with Gasteiger partial charge in [0.05, 0.1) is 29.3 Å². The first-order chi connectivity index (χ1) is 57.4. The Morgan fingerprint density at radius 2 is 0.466 bits per heavy atom. The van der Waals surface area contributed by atoms with Crippen molar-refractivity contribution in [1.29, 1.82) is 15.8 Å². The Hall–Kier alpha value is -16.1. The van der Waals surface area contributed by atoms with Crippen molar-refractivity contribution < 1.29 is 0 Å². The van der Waals surface area contributed by atoms with Crippen molar-refractivity contribution in [3.05, 3.63) is 392 Å². The van der Waals surface area contributed by atoms with Crippen LogP contribution in [0.3, 0.4) is 0 Å². The van der Waals surface area contributed by atoms with Crippen LogP contribution >= 0.6 is 0 Å². The summed E-state index contributed by atoms with van der Waals surface area (Å²) in [6.45, 7) is 7.67. The Labute approximate surface area is 667 Å². The topological polar surface area (TPSA) is 75.7 Å². The van der Waals surface area contributed by atoms with E-state index in [-0.39, 0.29) is 0 Å².